The topological polar surface area (TPSA) is 669 Å². The molecule has 0 radical (unpaired) electrons. The molecule has 0 spiro atoms. The summed E-state index contributed by atoms with van der Waals surface area (Å²) in [5.41, 5.74) is 0. The molecule has 0 aromatic rings. The second kappa shape index (κ2) is 32.9. The highest BCUT2D eigenvalue weighted by molar-refractivity contribution is 5.77. The summed E-state index contributed by atoms with van der Waals surface area (Å²) >= 11 is 0. The van der Waals surface area contributed by atoms with Crippen molar-refractivity contribution in [2.45, 2.75) is 248 Å². The minimum absolute atomic E-state index is 0.867. The van der Waals surface area contributed by atoms with Gasteiger partial charge in [0.2, 0.25) is 17.7 Å². The number of rotatable bonds is 25. The number of ether oxygens (including phenoxy) is 13. The third kappa shape index (κ3) is 17.0. The molecule has 7 rings (SSSR count). The van der Waals surface area contributed by atoms with Gasteiger partial charge in [-0.1, -0.05) is 0 Å². The van der Waals surface area contributed by atoms with E-state index in [1.54, 1.807) is 0 Å². The zero-order valence-corrected chi connectivity index (χ0v) is 49.6. The summed E-state index contributed by atoms with van der Waals surface area (Å²) in [5.74, 6) is -8.07. The molecule has 42 nitrogen and oxygen atoms in total. The third-order valence-corrected chi connectivity index (χ3v) is 16.7. The van der Waals surface area contributed by atoms with Gasteiger partial charge in [-0.05, 0) is 0 Å². The van der Waals surface area contributed by atoms with Crippen LogP contribution in [0.15, 0.2) is 0 Å². The van der Waals surface area contributed by atoms with Gasteiger partial charge in [-0.2, -0.15) is 0 Å². The highest BCUT2D eigenvalue weighted by Crippen LogP contribution is 2.39. The molecule has 7 fully saturated rings. The molecule has 0 aromatic carbocycles. The molecular formula is C51H85N3O39. The van der Waals surface area contributed by atoms with Crippen LogP contribution in [-0.2, 0) is 80.8 Å². The number of carboxylic acids is 1. The second-order valence-corrected chi connectivity index (χ2v) is 23.3. The van der Waals surface area contributed by atoms with E-state index in [9.17, 15) is 132 Å². The van der Waals surface area contributed by atoms with Crippen LogP contribution in [0.4, 0.5) is 0 Å². The highest BCUT2D eigenvalue weighted by Gasteiger charge is 2.60. The van der Waals surface area contributed by atoms with Crippen LogP contribution in [0.25, 0.3) is 0 Å². The van der Waals surface area contributed by atoms with Crippen LogP contribution < -0.4 is 16.0 Å². The number of nitrogens with one attached hydrogen (secondary N) is 3. The van der Waals surface area contributed by atoms with Crippen LogP contribution in [-0.4, -0.2) is 403 Å². The maximum absolute atomic E-state index is 13.3. The Balaban J connectivity index is 1.25. The van der Waals surface area contributed by atoms with E-state index < -0.39 is 297 Å². The molecule has 7 aliphatic heterocycles. The monoisotopic (exact) mass is 1360 g/mol. The largest absolute Gasteiger partial charge is 0.477 e. The number of aliphatic hydroxyl groups is 21. The van der Waals surface area contributed by atoms with Gasteiger partial charge in [-0.25, -0.2) is 4.79 Å². The van der Waals surface area contributed by atoms with Crippen molar-refractivity contribution in [3.8, 4) is 0 Å². The van der Waals surface area contributed by atoms with Gasteiger partial charge in [-0.3, -0.25) is 14.4 Å². The van der Waals surface area contributed by atoms with E-state index in [2.05, 4.69) is 16.0 Å². The Hall–Kier alpha value is -3.48. The molecule has 3 amide bonds. The van der Waals surface area contributed by atoms with E-state index in [4.69, 9.17) is 61.6 Å². The number of hydrogen-bond donors (Lipinski definition) is 25. The predicted molar refractivity (Wildman–Crippen MR) is 284 cm³/mol. The molecule has 36 atom stereocenters. The molecule has 7 heterocycles. The molecule has 0 unspecified atom stereocenters. The molecule has 538 valence electrons. The average Bonchev–Trinajstić information content (AvgIpc) is 0.778. The van der Waals surface area contributed by atoms with Gasteiger partial charge in [0.1, 0.15) is 165 Å². The fourth-order valence-electron chi connectivity index (χ4n) is 11.7. The fourth-order valence-corrected chi connectivity index (χ4v) is 11.7. The van der Waals surface area contributed by atoms with Crippen molar-refractivity contribution in [3.05, 3.63) is 0 Å². The highest BCUT2D eigenvalue weighted by atomic mass is 16.8. The van der Waals surface area contributed by atoms with Gasteiger partial charge >= 0.3 is 5.97 Å². The van der Waals surface area contributed by atoms with E-state index in [1.807, 2.05) is 0 Å². The van der Waals surface area contributed by atoms with E-state index >= 15 is 0 Å². The molecular weight excluding hydrogens is 1280 g/mol. The minimum Gasteiger partial charge on any atom is -0.477 e. The van der Waals surface area contributed by atoms with Crippen LogP contribution in [0.5, 0.6) is 0 Å². The average molecular weight is 1360 g/mol. The predicted octanol–water partition coefficient (Wildman–Crippen LogP) is -16.6. The lowest BCUT2D eigenvalue weighted by molar-refractivity contribution is -0.387. The number of carbonyl (C=O) groups is 4. The normalized spacial score (nSPS) is 47.2. The molecule has 0 aromatic heterocycles. The van der Waals surface area contributed by atoms with Crippen LogP contribution >= 0.6 is 0 Å². The Bertz CT molecular complexity index is 2410. The van der Waals surface area contributed by atoms with Gasteiger partial charge in [-0.15, -0.1) is 0 Å². The van der Waals surface area contributed by atoms with E-state index in [0.29, 0.717) is 0 Å². The Morgan fingerprint density at radius 1 is 0.441 bits per heavy atom. The lowest BCUT2D eigenvalue weighted by atomic mass is 9.88. The maximum atomic E-state index is 13.3. The number of hydrogen-bond acceptors (Lipinski definition) is 38. The van der Waals surface area contributed by atoms with Crippen LogP contribution in [0.2, 0.25) is 0 Å². The summed E-state index contributed by atoms with van der Waals surface area (Å²) in [6, 6.07) is -5.59. The van der Waals surface area contributed by atoms with Crippen molar-refractivity contribution >= 4 is 23.7 Å². The standard InChI is InChI=1S/C51H85N3O39/c1-12(60)52-23-15(63)4-51(50(79)80,93-42(23)26(65)16(64)5-55)82-11-22-41(91-48-37(76)33(72)28(67)18(7-57)85-48)31(70)25(54-14(3)62)46(88-22)92-43-29(68)21(87-49(38(43)77)90-40-19(8-58)83-44(78)35(74)34(40)73)10-81-45-24(53-13(2)61)30(69)39(20(9-59)86-45)89-47-36(75)32(71)27(66)17(6-56)84-47/h15-49,55-59,63-78H,4-11H2,1-3H3,(H,52,60)(H,53,61)(H,54,62)(H,79,80)/t15-,16+,17+,18+,19+,20+,21+,22+,23+,24+,25+,26+,27-,28-,29-,30+,31+,32-,33-,34+,35+,36+,37+,38+,39+,40+,41+,42+,43-,44-,45+,46-,47-,48-,49-,51+/m0/s1. The summed E-state index contributed by atoms with van der Waals surface area (Å²) < 4.78 is 75.4. The van der Waals surface area contributed by atoms with Crippen molar-refractivity contribution in [2.75, 3.05) is 46.2 Å². The molecule has 93 heavy (non-hydrogen) atoms. The van der Waals surface area contributed by atoms with Crippen LogP contribution in [0.3, 0.4) is 0 Å². The fraction of sp³-hybridized carbons (Fsp3) is 0.922. The first-order valence-electron chi connectivity index (χ1n) is 29.2. The Morgan fingerprint density at radius 3 is 1.34 bits per heavy atom. The molecule has 7 aliphatic rings. The van der Waals surface area contributed by atoms with E-state index in [0.717, 1.165) is 20.8 Å². The van der Waals surface area contributed by atoms with Crippen LogP contribution in [0.1, 0.15) is 27.2 Å². The lowest BCUT2D eigenvalue weighted by Gasteiger charge is -2.51. The number of carbonyl (C=O) groups excluding carboxylic acids is 3. The quantitative estimate of drug-likeness (QED) is 0.0404. The zero-order chi connectivity index (χ0) is 69.0. The Labute approximate surface area is 525 Å². The summed E-state index contributed by atoms with van der Waals surface area (Å²) in [7, 11) is 0. The van der Waals surface area contributed by atoms with E-state index in [1.165, 1.54) is 0 Å². The number of aliphatic carboxylic acids is 1. The maximum Gasteiger partial charge on any atom is 0.364 e. The van der Waals surface area contributed by atoms with Crippen LogP contribution in [0, 0.1) is 0 Å². The van der Waals surface area contributed by atoms with Gasteiger partial charge < -0.3 is 190 Å². The Kier molecular flexibility index (Phi) is 27.2. The van der Waals surface area contributed by atoms with Crippen molar-refractivity contribution in [1.82, 2.24) is 16.0 Å². The first-order valence-corrected chi connectivity index (χ1v) is 29.2. The number of carboxylic acid groups (broad SMARTS) is 1. The molecule has 0 aliphatic carbocycles. The summed E-state index contributed by atoms with van der Waals surface area (Å²) in [5, 5.41) is 245. The SMILES string of the molecule is CC(=O)N[C@H]1[C@H](OC[C@H]2O[C@@H](O[C@H]3[C@H](O)[C@@H](O)[C@@H](O)O[C@@H]3CO)[C@H](O)[C@@H](O[C@@H]3O[C@H](CO[C@]4(C(=O)O)C[C@H](O)[C@@H](NC(C)=O)[C@H]([C@H](O)[C@H](O)CO)O4)[C@@H](O[C@@H]4O[C@H](CO)[C@H](O)[C@H](O)[C@H]4O)[C@H](O)[C@H]3NC(C)=O)[C@H]2O)O[C@H](CO)[C@@H](O[C@@H]2O[C@H](CO)[C@H](O)[C@H](O)[C@H]2O)[C@@H]1O. The van der Waals surface area contributed by atoms with Gasteiger partial charge in [0.25, 0.3) is 5.79 Å². The molecule has 7 saturated heterocycles. The first-order chi connectivity index (χ1) is 43.8. The van der Waals surface area contributed by atoms with Gasteiger partial charge in [0.05, 0.1) is 58.4 Å². The second-order valence-electron chi connectivity index (χ2n) is 23.3. The van der Waals surface area contributed by atoms with E-state index in [-0.39, 0.29) is 0 Å². The molecule has 0 saturated carbocycles. The van der Waals surface area contributed by atoms with Gasteiger partial charge in [0, 0.05) is 27.2 Å². The zero-order valence-electron chi connectivity index (χ0n) is 49.6. The minimum atomic E-state index is -3.21. The van der Waals surface area contributed by atoms with Gasteiger partial charge in [0.15, 0.2) is 37.7 Å². The summed E-state index contributed by atoms with van der Waals surface area (Å²) in [6.07, 6.45) is -67.9. The smallest absolute Gasteiger partial charge is 0.364 e. The van der Waals surface area contributed by atoms with Crippen molar-refractivity contribution < 1.29 is 193 Å². The first kappa shape index (κ1) is 76.9. The lowest BCUT2D eigenvalue weighted by Crippen LogP contribution is -2.71. The molecule has 42 heteroatoms. The molecule has 0 bridgehead atoms. The molecule has 25 N–H and O–H groups in total. The number of aliphatic hydroxyl groups excluding tert-OH is 21. The van der Waals surface area contributed by atoms with Crippen molar-refractivity contribution in [1.29, 1.82) is 0 Å². The Morgan fingerprint density at radius 2 is 0.860 bits per heavy atom. The summed E-state index contributed by atoms with van der Waals surface area (Å²) in [6.45, 7) is -4.83. The summed E-state index contributed by atoms with van der Waals surface area (Å²) in [4.78, 5) is 51.4. The third-order valence-electron chi connectivity index (χ3n) is 16.7. The number of amides is 3. The van der Waals surface area contributed by atoms with Crippen molar-refractivity contribution in [2.24, 2.45) is 0 Å². The van der Waals surface area contributed by atoms with Crippen molar-refractivity contribution in [3.63, 3.8) is 0 Å².